The molecular formula is C13H14FNO2S. The van der Waals surface area contributed by atoms with Crippen molar-refractivity contribution in [3.8, 4) is 5.75 Å². The first-order valence-electron chi connectivity index (χ1n) is 5.67. The van der Waals surface area contributed by atoms with E-state index in [2.05, 4.69) is 0 Å². The van der Waals surface area contributed by atoms with E-state index < -0.39 is 0 Å². The SMILES string of the molecule is CC1=CN(C(=O)c2ccccc2OSF)C(C)C1. The number of hydrogen-bond donors (Lipinski definition) is 0. The Labute approximate surface area is 110 Å². The Bertz CT molecular complexity index is 490. The molecule has 0 saturated carbocycles. The van der Waals surface area contributed by atoms with Gasteiger partial charge in [0.05, 0.1) is 5.56 Å². The fourth-order valence-electron chi connectivity index (χ4n) is 2.13. The predicted octanol–water partition coefficient (Wildman–Crippen LogP) is 3.74. The van der Waals surface area contributed by atoms with Crippen molar-refractivity contribution >= 4 is 18.3 Å². The zero-order valence-electron chi connectivity index (χ0n) is 10.2. The maximum Gasteiger partial charge on any atom is 0.272 e. The summed E-state index contributed by atoms with van der Waals surface area (Å²) in [5.41, 5.74) is 1.54. The van der Waals surface area contributed by atoms with Gasteiger partial charge in [0.15, 0.2) is 5.75 Å². The van der Waals surface area contributed by atoms with Crippen molar-refractivity contribution in [3.05, 3.63) is 41.6 Å². The number of nitrogens with zero attached hydrogens (tertiary/aromatic N) is 1. The number of halogens is 1. The van der Waals surface area contributed by atoms with Crippen LogP contribution in [0.15, 0.2) is 36.0 Å². The van der Waals surface area contributed by atoms with E-state index in [1.165, 1.54) is 0 Å². The highest BCUT2D eigenvalue weighted by molar-refractivity contribution is 7.89. The number of rotatable bonds is 3. The van der Waals surface area contributed by atoms with E-state index in [4.69, 9.17) is 4.18 Å². The van der Waals surface area contributed by atoms with Gasteiger partial charge in [0.25, 0.3) is 18.3 Å². The average Bonchev–Trinajstić information content (AvgIpc) is 2.69. The third-order valence-corrected chi connectivity index (χ3v) is 3.17. The summed E-state index contributed by atoms with van der Waals surface area (Å²) in [5.74, 6) is 0.0872. The van der Waals surface area contributed by atoms with Gasteiger partial charge in [0.1, 0.15) is 0 Å². The Morgan fingerprint density at radius 1 is 1.50 bits per heavy atom. The van der Waals surface area contributed by atoms with E-state index in [1.54, 1.807) is 29.2 Å². The first-order chi connectivity index (χ1) is 8.63. The average molecular weight is 267 g/mol. The van der Waals surface area contributed by atoms with Crippen molar-refractivity contribution < 1.29 is 12.9 Å². The Balaban J connectivity index is 2.29. The van der Waals surface area contributed by atoms with Crippen LogP contribution in [0.25, 0.3) is 0 Å². The van der Waals surface area contributed by atoms with Crippen molar-refractivity contribution in [1.29, 1.82) is 0 Å². The third kappa shape index (κ3) is 2.51. The smallest absolute Gasteiger partial charge is 0.272 e. The minimum Gasteiger partial charge on any atom is -0.396 e. The molecule has 3 nitrogen and oxygen atoms in total. The molecule has 0 radical (unpaired) electrons. The normalized spacial score (nSPS) is 18.7. The number of hydrogen-bond acceptors (Lipinski definition) is 3. The van der Waals surface area contributed by atoms with Gasteiger partial charge in [0, 0.05) is 12.2 Å². The standard InChI is InChI=1S/C13H14FNO2S/c1-9-7-10(2)15(8-9)13(16)11-5-3-4-6-12(11)17-18-14/h3-6,8,10H,7H2,1-2H3. The molecule has 18 heavy (non-hydrogen) atoms. The van der Waals surface area contributed by atoms with Crippen LogP contribution >= 0.6 is 12.4 Å². The summed E-state index contributed by atoms with van der Waals surface area (Å²) in [7, 11) is 0. The Kier molecular flexibility index (Phi) is 3.91. The molecule has 96 valence electrons. The third-order valence-electron chi connectivity index (χ3n) is 2.92. The zero-order chi connectivity index (χ0) is 13.1. The highest BCUT2D eigenvalue weighted by Crippen LogP contribution is 2.28. The second-order valence-electron chi connectivity index (χ2n) is 4.38. The van der Waals surface area contributed by atoms with Crippen LogP contribution in [-0.4, -0.2) is 16.8 Å². The first kappa shape index (κ1) is 13.0. The summed E-state index contributed by atoms with van der Waals surface area (Å²) < 4.78 is 17.0. The molecule has 1 unspecified atom stereocenters. The number of amides is 1. The van der Waals surface area contributed by atoms with Gasteiger partial charge >= 0.3 is 0 Å². The molecule has 0 aromatic heterocycles. The lowest BCUT2D eigenvalue weighted by Crippen LogP contribution is -2.30. The van der Waals surface area contributed by atoms with Crippen molar-refractivity contribution in [1.82, 2.24) is 4.90 Å². The fourth-order valence-corrected chi connectivity index (χ4v) is 2.34. The summed E-state index contributed by atoms with van der Waals surface area (Å²) in [6.07, 6.45) is 2.71. The molecule has 1 amide bonds. The van der Waals surface area contributed by atoms with Crippen LogP contribution in [0.4, 0.5) is 3.89 Å². The molecule has 1 atom stereocenters. The lowest BCUT2D eigenvalue weighted by Gasteiger charge is -2.20. The van der Waals surface area contributed by atoms with Gasteiger partial charge in [-0.3, -0.25) is 4.79 Å². The maximum absolute atomic E-state index is 12.4. The topological polar surface area (TPSA) is 29.5 Å². The zero-order valence-corrected chi connectivity index (χ0v) is 11.0. The molecule has 5 heteroatoms. The molecule has 0 fully saturated rings. The van der Waals surface area contributed by atoms with E-state index in [1.807, 2.05) is 20.0 Å². The number of carbonyl (C=O) groups is 1. The van der Waals surface area contributed by atoms with Crippen LogP contribution in [0, 0.1) is 0 Å². The van der Waals surface area contributed by atoms with Crippen molar-refractivity contribution in [2.24, 2.45) is 0 Å². The van der Waals surface area contributed by atoms with Gasteiger partial charge in [-0.15, -0.1) is 3.89 Å². The van der Waals surface area contributed by atoms with Gasteiger partial charge in [-0.25, -0.2) is 0 Å². The van der Waals surface area contributed by atoms with Gasteiger partial charge in [-0.2, -0.15) is 0 Å². The van der Waals surface area contributed by atoms with Gasteiger partial charge in [-0.05, 0) is 32.4 Å². The quantitative estimate of drug-likeness (QED) is 0.781. The monoisotopic (exact) mass is 267 g/mol. The number of benzene rings is 1. The second-order valence-corrected chi connectivity index (χ2v) is 4.68. The lowest BCUT2D eigenvalue weighted by atomic mass is 10.1. The Morgan fingerprint density at radius 2 is 2.22 bits per heavy atom. The molecular weight excluding hydrogens is 253 g/mol. The highest BCUT2D eigenvalue weighted by atomic mass is 32.2. The minimum absolute atomic E-state index is 0.128. The molecule has 0 saturated heterocycles. The molecule has 1 aromatic carbocycles. The van der Waals surface area contributed by atoms with E-state index in [9.17, 15) is 8.68 Å². The van der Waals surface area contributed by atoms with Crippen molar-refractivity contribution in [3.63, 3.8) is 0 Å². The minimum atomic E-state index is -0.256. The predicted molar refractivity (Wildman–Crippen MR) is 69.8 cm³/mol. The van der Waals surface area contributed by atoms with E-state index in [-0.39, 0.29) is 30.1 Å². The van der Waals surface area contributed by atoms with Crippen LogP contribution in [0.5, 0.6) is 5.75 Å². The van der Waals surface area contributed by atoms with Gasteiger partial charge < -0.3 is 9.08 Å². The molecule has 0 bridgehead atoms. The van der Waals surface area contributed by atoms with Crippen LogP contribution in [0.1, 0.15) is 30.6 Å². The van der Waals surface area contributed by atoms with E-state index >= 15 is 0 Å². The van der Waals surface area contributed by atoms with Crippen LogP contribution < -0.4 is 4.18 Å². The fraction of sp³-hybridized carbons (Fsp3) is 0.308. The molecule has 1 aliphatic rings. The molecule has 0 spiro atoms. The molecule has 0 N–H and O–H groups in total. The molecule has 1 aliphatic heterocycles. The maximum atomic E-state index is 12.4. The van der Waals surface area contributed by atoms with Crippen LogP contribution in [0.2, 0.25) is 0 Å². The Hall–Kier alpha value is -1.49. The second kappa shape index (κ2) is 5.44. The summed E-state index contributed by atoms with van der Waals surface area (Å²) in [4.78, 5) is 14.0. The number of para-hydroxylation sites is 1. The van der Waals surface area contributed by atoms with Crippen LogP contribution in [0.3, 0.4) is 0 Å². The first-order valence-corrected chi connectivity index (χ1v) is 6.32. The van der Waals surface area contributed by atoms with Crippen molar-refractivity contribution in [2.75, 3.05) is 0 Å². The van der Waals surface area contributed by atoms with Gasteiger partial charge in [-0.1, -0.05) is 17.7 Å². The molecule has 1 heterocycles. The van der Waals surface area contributed by atoms with Gasteiger partial charge in [0.2, 0.25) is 0 Å². The lowest BCUT2D eigenvalue weighted by molar-refractivity contribution is 0.0792. The highest BCUT2D eigenvalue weighted by Gasteiger charge is 2.26. The van der Waals surface area contributed by atoms with E-state index in [0.29, 0.717) is 5.56 Å². The number of carbonyl (C=O) groups excluding carboxylic acids is 1. The summed E-state index contributed by atoms with van der Waals surface area (Å²) >= 11 is -0.256. The van der Waals surface area contributed by atoms with Crippen LogP contribution in [-0.2, 0) is 0 Å². The Morgan fingerprint density at radius 3 is 2.83 bits per heavy atom. The van der Waals surface area contributed by atoms with Crippen molar-refractivity contribution in [2.45, 2.75) is 26.3 Å². The molecule has 2 rings (SSSR count). The largest absolute Gasteiger partial charge is 0.396 e. The molecule has 1 aromatic rings. The molecule has 0 aliphatic carbocycles. The summed E-state index contributed by atoms with van der Waals surface area (Å²) in [6, 6.07) is 6.79. The summed E-state index contributed by atoms with van der Waals surface area (Å²) in [6.45, 7) is 3.97. The van der Waals surface area contributed by atoms with E-state index in [0.717, 1.165) is 12.0 Å². The summed E-state index contributed by atoms with van der Waals surface area (Å²) in [5, 5.41) is 0.